The second kappa shape index (κ2) is 5.40. The molecule has 1 amide bonds. The average Bonchev–Trinajstić information content (AvgIpc) is 3.24. The first-order valence-corrected chi connectivity index (χ1v) is 8.02. The number of hydrogen-bond acceptors (Lipinski definition) is 5. The van der Waals surface area contributed by atoms with E-state index < -0.39 is 0 Å². The summed E-state index contributed by atoms with van der Waals surface area (Å²) in [5.41, 5.74) is 2.90. The predicted octanol–water partition coefficient (Wildman–Crippen LogP) is 1.33. The standard InChI is InChI=1S/C16H19N7O/c1-10-7-17-22(8-10)13-4-5-21(9-13)15(24)14-19-16-18-11(2)6-12(3)23(16)20-14/h6-8,13H,4-5,9H2,1-3H3. The smallest absolute Gasteiger partial charge is 0.293 e. The third-order valence-corrected chi connectivity index (χ3v) is 4.36. The lowest BCUT2D eigenvalue weighted by Crippen LogP contribution is -2.30. The summed E-state index contributed by atoms with van der Waals surface area (Å²) in [5.74, 6) is 0.520. The van der Waals surface area contributed by atoms with Crippen molar-refractivity contribution in [2.75, 3.05) is 13.1 Å². The molecular formula is C16H19N7O. The van der Waals surface area contributed by atoms with Crippen LogP contribution in [0.1, 0.15) is 40.0 Å². The molecule has 1 fully saturated rings. The lowest BCUT2D eigenvalue weighted by molar-refractivity contribution is 0.0775. The number of fused-ring (bicyclic) bond motifs is 1. The maximum atomic E-state index is 12.7. The van der Waals surface area contributed by atoms with Gasteiger partial charge < -0.3 is 4.90 Å². The number of nitrogens with zero attached hydrogens (tertiary/aromatic N) is 7. The van der Waals surface area contributed by atoms with Crippen molar-refractivity contribution in [3.63, 3.8) is 0 Å². The van der Waals surface area contributed by atoms with Crippen molar-refractivity contribution in [1.82, 2.24) is 34.3 Å². The Kier molecular flexibility index (Phi) is 3.33. The van der Waals surface area contributed by atoms with E-state index in [2.05, 4.69) is 20.2 Å². The van der Waals surface area contributed by atoms with Gasteiger partial charge >= 0.3 is 0 Å². The second-order valence-corrected chi connectivity index (χ2v) is 6.38. The fourth-order valence-corrected chi connectivity index (χ4v) is 3.17. The lowest BCUT2D eigenvalue weighted by Gasteiger charge is -2.14. The van der Waals surface area contributed by atoms with E-state index in [9.17, 15) is 4.79 Å². The van der Waals surface area contributed by atoms with Gasteiger partial charge in [0.15, 0.2) is 0 Å². The van der Waals surface area contributed by atoms with Gasteiger partial charge in [-0.25, -0.2) is 9.50 Å². The minimum atomic E-state index is -0.149. The van der Waals surface area contributed by atoms with E-state index in [1.165, 1.54) is 0 Å². The number of amides is 1. The molecule has 3 aromatic heterocycles. The van der Waals surface area contributed by atoms with Crippen LogP contribution >= 0.6 is 0 Å². The van der Waals surface area contributed by atoms with Crippen molar-refractivity contribution < 1.29 is 4.79 Å². The Bertz CT molecular complexity index is 926. The summed E-state index contributed by atoms with van der Waals surface area (Å²) < 4.78 is 3.55. The van der Waals surface area contributed by atoms with Gasteiger partial charge in [0, 0.05) is 30.7 Å². The number of carbonyl (C=O) groups is 1. The number of rotatable bonds is 2. The van der Waals surface area contributed by atoms with Gasteiger partial charge in [-0.05, 0) is 38.8 Å². The number of aromatic nitrogens is 6. The molecule has 4 heterocycles. The molecule has 1 atom stereocenters. The van der Waals surface area contributed by atoms with Gasteiger partial charge in [0.1, 0.15) is 0 Å². The SMILES string of the molecule is Cc1cnn(C2CCN(C(=O)c3nc4nc(C)cc(C)n4n3)C2)c1. The maximum absolute atomic E-state index is 12.7. The van der Waals surface area contributed by atoms with Crippen molar-refractivity contribution in [1.29, 1.82) is 0 Å². The molecule has 0 saturated carbocycles. The van der Waals surface area contributed by atoms with Crippen LogP contribution in [0.4, 0.5) is 0 Å². The molecule has 1 saturated heterocycles. The van der Waals surface area contributed by atoms with Gasteiger partial charge in [0.2, 0.25) is 5.82 Å². The quantitative estimate of drug-likeness (QED) is 0.710. The van der Waals surface area contributed by atoms with Gasteiger partial charge in [-0.2, -0.15) is 10.1 Å². The summed E-state index contributed by atoms with van der Waals surface area (Å²) in [5, 5.41) is 8.68. The molecule has 124 valence electrons. The van der Waals surface area contributed by atoms with Crippen molar-refractivity contribution >= 4 is 11.7 Å². The van der Waals surface area contributed by atoms with Crippen LogP contribution in [0.15, 0.2) is 18.5 Å². The molecular weight excluding hydrogens is 306 g/mol. The molecule has 3 aromatic rings. The number of carbonyl (C=O) groups excluding carboxylic acids is 1. The van der Waals surface area contributed by atoms with Crippen LogP contribution in [0.2, 0.25) is 0 Å². The number of aryl methyl sites for hydroxylation is 3. The summed E-state index contributed by atoms with van der Waals surface area (Å²) >= 11 is 0. The van der Waals surface area contributed by atoms with E-state index in [0.717, 1.165) is 23.4 Å². The molecule has 0 aromatic carbocycles. The minimum absolute atomic E-state index is 0.149. The summed E-state index contributed by atoms with van der Waals surface area (Å²) in [6, 6.07) is 2.13. The maximum Gasteiger partial charge on any atom is 0.293 e. The van der Waals surface area contributed by atoms with Crippen LogP contribution < -0.4 is 0 Å². The Morgan fingerprint density at radius 3 is 2.83 bits per heavy atom. The van der Waals surface area contributed by atoms with Crippen LogP contribution in [-0.2, 0) is 0 Å². The fraction of sp³-hybridized carbons (Fsp3) is 0.438. The predicted molar refractivity (Wildman–Crippen MR) is 86.8 cm³/mol. The molecule has 24 heavy (non-hydrogen) atoms. The highest BCUT2D eigenvalue weighted by Gasteiger charge is 2.30. The largest absolute Gasteiger partial charge is 0.334 e. The van der Waals surface area contributed by atoms with Gasteiger partial charge in [0.05, 0.1) is 12.2 Å². The molecule has 1 unspecified atom stereocenters. The van der Waals surface area contributed by atoms with Crippen molar-refractivity contribution in [3.05, 3.63) is 41.2 Å². The zero-order valence-electron chi connectivity index (χ0n) is 14.0. The van der Waals surface area contributed by atoms with Crippen LogP contribution in [0, 0.1) is 20.8 Å². The van der Waals surface area contributed by atoms with Crippen molar-refractivity contribution in [3.8, 4) is 0 Å². The molecule has 1 aliphatic rings. The van der Waals surface area contributed by atoms with Gasteiger partial charge in [0.25, 0.3) is 11.7 Å². The minimum Gasteiger partial charge on any atom is -0.334 e. The van der Waals surface area contributed by atoms with E-state index in [1.807, 2.05) is 43.9 Å². The third-order valence-electron chi connectivity index (χ3n) is 4.36. The topological polar surface area (TPSA) is 81.2 Å². The van der Waals surface area contributed by atoms with E-state index >= 15 is 0 Å². The Balaban J connectivity index is 1.57. The highest BCUT2D eigenvalue weighted by molar-refractivity contribution is 5.91. The van der Waals surface area contributed by atoms with E-state index in [1.54, 1.807) is 9.42 Å². The first-order valence-electron chi connectivity index (χ1n) is 8.02. The van der Waals surface area contributed by atoms with Crippen LogP contribution in [-0.4, -0.2) is 53.3 Å². The van der Waals surface area contributed by atoms with Gasteiger partial charge in [-0.1, -0.05) is 0 Å². The second-order valence-electron chi connectivity index (χ2n) is 6.38. The third kappa shape index (κ3) is 2.44. The molecule has 0 bridgehead atoms. The number of likely N-dealkylation sites (tertiary alicyclic amines) is 1. The van der Waals surface area contributed by atoms with Crippen LogP contribution in [0.25, 0.3) is 5.78 Å². The fourth-order valence-electron chi connectivity index (χ4n) is 3.17. The first kappa shape index (κ1) is 14.8. The highest BCUT2D eigenvalue weighted by atomic mass is 16.2. The molecule has 1 aliphatic heterocycles. The molecule has 8 heteroatoms. The average molecular weight is 325 g/mol. The Morgan fingerprint density at radius 1 is 1.25 bits per heavy atom. The first-order chi connectivity index (χ1) is 11.5. The summed E-state index contributed by atoms with van der Waals surface area (Å²) in [4.78, 5) is 23.2. The molecule has 8 nitrogen and oxygen atoms in total. The summed E-state index contributed by atoms with van der Waals surface area (Å²) in [6.07, 6.45) is 4.74. The zero-order chi connectivity index (χ0) is 16.8. The zero-order valence-corrected chi connectivity index (χ0v) is 14.0. The normalized spacial score (nSPS) is 17.8. The Morgan fingerprint density at radius 2 is 2.08 bits per heavy atom. The summed E-state index contributed by atoms with van der Waals surface area (Å²) in [7, 11) is 0. The monoisotopic (exact) mass is 325 g/mol. The molecule has 0 spiro atoms. The van der Waals surface area contributed by atoms with Crippen LogP contribution in [0.5, 0.6) is 0 Å². The van der Waals surface area contributed by atoms with E-state index in [-0.39, 0.29) is 17.8 Å². The lowest BCUT2D eigenvalue weighted by atomic mass is 10.3. The van der Waals surface area contributed by atoms with Gasteiger partial charge in [-0.3, -0.25) is 9.48 Å². The van der Waals surface area contributed by atoms with E-state index in [0.29, 0.717) is 18.9 Å². The molecule has 0 N–H and O–H groups in total. The van der Waals surface area contributed by atoms with Crippen molar-refractivity contribution in [2.24, 2.45) is 0 Å². The highest BCUT2D eigenvalue weighted by Crippen LogP contribution is 2.22. The van der Waals surface area contributed by atoms with Gasteiger partial charge in [-0.15, -0.1) is 5.10 Å². The number of hydrogen-bond donors (Lipinski definition) is 0. The molecule has 0 radical (unpaired) electrons. The Hall–Kier alpha value is -2.77. The van der Waals surface area contributed by atoms with E-state index in [4.69, 9.17) is 0 Å². The summed E-state index contributed by atoms with van der Waals surface area (Å²) in [6.45, 7) is 7.15. The van der Waals surface area contributed by atoms with Crippen molar-refractivity contribution in [2.45, 2.75) is 33.2 Å². The Labute approximate surface area is 139 Å². The molecule has 4 rings (SSSR count). The molecule has 0 aliphatic carbocycles. The van der Waals surface area contributed by atoms with Crippen LogP contribution in [0.3, 0.4) is 0 Å².